The highest BCUT2D eigenvalue weighted by Gasteiger charge is 2.23. The first-order valence-electron chi connectivity index (χ1n) is 5.75. The van der Waals surface area contributed by atoms with Gasteiger partial charge >= 0.3 is 0 Å². The van der Waals surface area contributed by atoms with Crippen molar-refractivity contribution in [3.63, 3.8) is 0 Å². The first kappa shape index (κ1) is 12.3. The van der Waals surface area contributed by atoms with Crippen LogP contribution in [0.25, 0.3) is 0 Å². The molecule has 16 heavy (non-hydrogen) atoms. The van der Waals surface area contributed by atoms with Gasteiger partial charge in [-0.2, -0.15) is 0 Å². The quantitative estimate of drug-likeness (QED) is 0.773. The smallest absolute Gasteiger partial charge is 0.0674 e. The van der Waals surface area contributed by atoms with E-state index in [1.807, 2.05) is 0 Å². The first-order chi connectivity index (χ1) is 7.65. The lowest BCUT2D eigenvalue weighted by Gasteiger charge is -2.36. The molecule has 0 radical (unpaired) electrons. The van der Waals surface area contributed by atoms with Crippen molar-refractivity contribution in [2.45, 2.75) is 32.5 Å². The van der Waals surface area contributed by atoms with Crippen molar-refractivity contribution in [1.29, 1.82) is 0 Å². The number of benzene rings is 1. The van der Waals surface area contributed by atoms with Gasteiger partial charge in [-0.1, -0.05) is 12.1 Å². The molecule has 3 heteroatoms. The first-order valence-corrected chi connectivity index (χ1v) is 6.83. The predicted molar refractivity (Wildman–Crippen MR) is 74.4 cm³/mol. The van der Waals surface area contributed by atoms with E-state index in [1.165, 1.54) is 9.13 Å². The summed E-state index contributed by atoms with van der Waals surface area (Å²) in [5, 5.41) is 0. The lowest BCUT2D eigenvalue weighted by atomic mass is 10.1. The van der Waals surface area contributed by atoms with Crippen molar-refractivity contribution in [3.8, 4) is 0 Å². The Labute approximate surface area is 111 Å². The van der Waals surface area contributed by atoms with Gasteiger partial charge in [-0.25, -0.2) is 0 Å². The minimum atomic E-state index is 0.361. The van der Waals surface area contributed by atoms with Crippen LogP contribution in [0, 0.1) is 3.57 Å². The van der Waals surface area contributed by atoms with Crippen LogP contribution in [0.15, 0.2) is 24.3 Å². The van der Waals surface area contributed by atoms with E-state index in [2.05, 4.69) is 65.6 Å². The molecule has 0 amide bonds. The van der Waals surface area contributed by atoms with Crippen LogP contribution < -0.4 is 0 Å². The molecule has 0 aliphatic carbocycles. The van der Waals surface area contributed by atoms with Gasteiger partial charge in [0.2, 0.25) is 0 Å². The normalized spacial score (nSPS) is 26.9. The molecule has 2 unspecified atom stereocenters. The van der Waals surface area contributed by atoms with Crippen molar-refractivity contribution in [2.75, 3.05) is 13.2 Å². The highest BCUT2D eigenvalue weighted by molar-refractivity contribution is 14.1. The summed E-state index contributed by atoms with van der Waals surface area (Å²) in [6.07, 6.45) is 0.361. The molecule has 0 saturated carbocycles. The van der Waals surface area contributed by atoms with Crippen molar-refractivity contribution >= 4 is 22.6 Å². The number of hydrogen-bond acceptors (Lipinski definition) is 2. The molecule has 0 bridgehead atoms. The zero-order chi connectivity index (χ0) is 11.5. The molecule has 2 atom stereocenters. The van der Waals surface area contributed by atoms with Crippen LogP contribution in [-0.4, -0.2) is 30.2 Å². The minimum absolute atomic E-state index is 0.361. The third kappa shape index (κ3) is 3.18. The van der Waals surface area contributed by atoms with Gasteiger partial charge in [-0.3, -0.25) is 4.90 Å². The van der Waals surface area contributed by atoms with E-state index in [0.29, 0.717) is 12.1 Å². The Morgan fingerprint density at radius 1 is 1.31 bits per heavy atom. The van der Waals surface area contributed by atoms with Gasteiger partial charge < -0.3 is 4.74 Å². The summed E-state index contributed by atoms with van der Waals surface area (Å²) in [6.45, 7) is 7.30. The van der Waals surface area contributed by atoms with Crippen LogP contribution in [0.2, 0.25) is 0 Å². The molecule has 1 fully saturated rings. The molecule has 1 aromatic rings. The van der Waals surface area contributed by atoms with E-state index >= 15 is 0 Å². The molecule has 1 saturated heterocycles. The summed E-state index contributed by atoms with van der Waals surface area (Å²) in [6, 6.07) is 9.30. The van der Waals surface area contributed by atoms with Gasteiger partial charge in [-0.15, -0.1) is 0 Å². The zero-order valence-electron chi connectivity index (χ0n) is 9.82. The average Bonchev–Trinajstić information content (AvgIpc) is 2.27. The topological polar surface area (TPSA) is 12.5 Å². The molecule has 0 N–H and O–H groups in total. The Bertz CT molecular complexity index is 338. The Morgan fingerprint density at radius 2 is 2.00 bits per heavy atom. The maximum atomic E-state index is 5.63. The van der Waals surface area contributed by atoms with Gasteiger partial charge in [0.25, 0.3) is 0 Å². The molecule has 1 aliphatic heterocycles. The number of halogens is 1. The van der Waals surface area contributed by atoms with E-state index < -0.39 is 0 Å². The third-order valence-electron chi connectivity index (χ3n) is 3.04. The summed E-state index contributed by atoms with van der Waals surface area (Å²) in [5.74, 6) is 0. The summed E-state index contributed by atoms with van der Waals surface area (Å²) in [5.41, 5.74) is 1.39. The van der Waals surface area contributed by atoms with Crippen LogP contribution in [0.1, 0.15) is 19.4 Å². The lowest BCUT2D eigenvalue weighted by Crippen LogP contribution is -2.46. The van der Waals surface area contributed by atoms with Crippen molar-refractivity contribution in [3.05, 3.63) is 33.4 Å². The number of hydrogen-bond donors (Lipinski definition) is 0. The van der Waals surface area contributed by atoms with E-state index in [9.17, 15) is 0 Å². The number of nitrogens with zero attached hydrogens (tertiary/aromatic N) is 1. The Kier molecular flexibility index (Phi) is 4.21. The molecule has 2 rings (SSSR count). The lowest BCUT2D eigenvalue weighted by molar-refractivity contribution is -0.0526. The highest BCUT2D eigenvalue weighted by Crippen LogP contribution is 2.16. The Balaban J connectivity index is 2.00. The SMILES string of the molecule is CC1CN(Cc2ccc(I)cc2)C(C)CO1. The number of morpholine rings is 1. The number of rotatable bonds is 2. The van der Waals surface area contributed by atoms with E-state index in [4.69, 9.17) is 4.74 Å². The maximum Gasteiger partial charge on any atom is 0.0674 e. The Morgan fingerprint density at radius 3 is 2.69 bits per heavy atom. The van der Waals surface area contributed by atoms with Crippen LogP contribution in [0.5, 0.6) is 0 Å². The molecule has 1 aliphatic rings. The second-order valence-electron chi connectivity index (χ2n) is 4.55. The maximum absolute atomic E-state index is 5.63. The third-order valence-corrected chi connectivity index (χ3v) is 3.75. The van der Waals surface area contributed by atoms with Crippen LogP contribution in [0.4, 0.5) is 0 Å². The van der Waals surface area contributed by atoms with Gasteiger partial charge in [0.15, 0.2) is 0 Å². The summed E-state index contributed by atoms with van der Waals surface area (Å²) in [4.78, 5) is 2.50. The van der Waals surface area contributed by atoms with Crippen molar-refractivity contribution in [1.82, 2.24) is 4.90 Å². The van der Waals surface area contributed by atoms with E-state index in [1.54, 1.807) is 0 Å². The van der Waals surface area contributed by atoms with Gasteiger partial charge in [0.1, 0.15) is 0 Å². The zero-order valence-corrected chi connectivity index (χ0v) is 12.0. The molecule has 0 aromatic heterocycles. The highest BCUT2D eigenvalue weighted by atomic mass is 127. The molecular formula is C13H18INO. The second kappa shape index (κ2) is 5.47. The minimum Gasteiger partial charge on any atom is -0.376 e. The van der Waals surface area contributed by atoms with E-state index in [0.717, 1.165) is 19.7 Å². The van der Waals surface area contributed by atoms with Crippen molar-refractivity contribution in [2.24, 2.45) is 0 Å². The standard InChI is InChI=1S/C13H18INO/c1-10-9-16-11(2)7-15(10)8-12-3-5-13(14)6-4-12/h3-6,10-11H,7-9H2,1-2H3. The summed E-state index contributed by atoms with van der Waals surface area (Å²) in [7, 11) is 0. The van der Waals surface area contributed by atoms with Crippen LogP contribution >= 0.6 is 22.6 Å². The average molecular weight is 331 g/mol. The fraction of sp³-hybridized carbons (Fsp3) is 0.538. The van der Waals surface area contributed by atoms with Crippen LogP contribution in [-0.2, 0) is 11.3 Å². The van der Waals surface area contributed by atoms with Crippen LogP contribution in [0.3, 0.4) is 0 Å². The Hall–Kier alpha value is -0.130. The predicted octanol–water partition coefficient (Wildman–Crippen LogP) is 2.90. The van der Waals surface area contributed by atoms with Gasteiger partial charge in [0, 0.05) is 22.7 Å². The molecular weight excluding hydrogens is 313 g/mol. The molecule has 0 spiro atoms. The monoisotopic (exact) mass is 331 g/mol. The molecule has 1 heterocycles. The van der Waals surface area contributed by atoms with Gasteiger partial charge in [0.05, 0.1) is 12.7 Å². The molecule has 88 valence electrons. The fourth-order valence-electron chi connectivity index (χ4n) is 2.02. The molecule has 2 nitrogen and oxygen atoms in total. The van der Waals surface area contributed by atoms with E-state index in [-0.39, 0.29) is 0 Å². The van der Waals surface area contributed by atoms with Gasteiger partial charge in [-0.05, 0) is 54.1 Å². The number of ether oxygens (including phenoxy) is 1. The van der Waals surface area contributed by atoms with Crippen molar-refractivity contribution < 1.29 is 4.74 Å². The largest absolute Gasteiger partial charge is 0.376 e. The second-order valence-corrected chi connectivity index (χ2v) is 5.79. The summed E-state index contributed by atoms with van der Waals surface area (Å²) >= 11 is 2.34. The fourth-order valence-corrected chi connectivity index (χ4v) is 2.38. The molecule has 1 aromatic carbocycles. The summed E-state index contributed by atoms with van der Waals surface area (Å²) < 4.78 is 6.93.